The van der Waals surface area contributed by atoms with Gasteiger partial charge in [-0.05, 0) is 53.9 Å². The van der Waals surface area contributed by atoms with E-state index in [0.717, 1.165) is 16.8 Å². The standard InChI is InChI=1S/C28H28N2O4/c1-29(2)22-13-9-20(10-14-22)25-24(26(31)21-11-15-23(34-3)16-12-21)27(32)28(33)30(25)18-17-19-7-5-4-6-8-19/h4-16,25,31H,17-18H2,1-3H3/b26-24+. The molecular weight excluding hydrogens is 428 g/mol. The van der Waals surface area contributed by atoms with E-state index in [1.807, 2.05) is 73.6 Å². The summed E-state index contributed by atoms with van der Waals surface area (Å²) in [6.45, 7) is 0.355. The molecule has 1 atom stereocenters. The maximum Gasteiger partial charge on any atom is 0.295 e. The van der Waals surface area contributed by atoms with Crippen LogP contribution in [-0.2, 0) is 16.0 Å². The first-order chi connectivity index (χ1) is 16.4. The average Bonchev–Trinajstić information content (AvgIpc) is 3.12. The van der Waals surface area contributed by atoms with Crippen LogP contribution in [0.25, 0.3) is 5.76 Å². The number of Topliss-reactive ketones (excluding diaryl/α,β-unsaturated/α-hetero) is 1. The predicted molar refractivity (Wildman–Crippen MR) is 133 cm³/mol. The van der Waals surface area contributed by atoms with Crippen molar-refractivity contribution < 1.29 is 19.4 Å². The van der Waals surface area contributed by atoms with Crippen molar-refractivity contribution in [2.75, 3.05) is 32.6 Å². The third-order valence-electron chi connectivity index (χ3n) is 6.11. The summed E-state index contributed by atoms with van der Waals surface area (Å²) in [5.74, 6) is -0.837. The van der Waals surface area contributed by atoms with Crippen molar-refractivity contribution in [1.82, 2.24) is 4.90 Å². The lowest BCUT2D eigenvalue weighted by molar-refractivity contribution is -0.139. The van der Waals surface area contributed by atoms with E-state index in [0.29, 0.717) is 24.3 Å². The largest absolute Gasteiger partial charge is 0.507 e. The molecule has 1 heterocycles. The monoisotopic (exact) mass is 456 g/mol. The van der Waals surface area contributed by atoms with Crippen LogP contribution in [0.2, 0.25) is 0 Å². The number of hydrogen-bond acceptors (Lipinski definition) is 5. The van der Waals surface area contributed by atoms with Crippen molar-refractivity contribution in [1.29, 1.82) is 0 Å². The molecule has 0 spiro atoms. The first kappa shape index (κ1) is 23.1. The highest BCUT2D eigenvalue weighted by atomic mass is 16.5. The van der Waals surface area contributed by atoms with Gasteiger partial charge in [-0.15, -0.1) is 0 Å². The second-order valence-electron chi connectivity index (χ2n) is 8.44. The summed E-state index contributed by atoms with van der Waals surface area (Å²) in [6.07, 6.45) is 0.600. The van der Waals surface area contributed by atoms with E-state index in [9.17, 15) is 14.7 Å². The number of hydrogen-bond donors (Lipinski definition) is 1. The van der Waals surface area contributed by atoms with Crippen molar-refractivity contribution in [3.63, 3.8) is 0 Å². The van der Waals surface area contributed by atoms with Gasteiger partial charge in [0.05, 0.1) is 18.7 Å². The van der Waals surface area contributed by atoms with Crippen LogP contribution in [0.1, 0.15) is 22.7 Å². The SMILES string of the molecule is COc1ccc(/C(O)=C2\C(=O)C(=O)N(CCc3ccccc3)C2c2ccc(N(C)C)cc2)cc1. The van der Waals surface area contributed by atoms with Gasteiger partial charge >= 0.3 is 0 Å². The molecule has 0 saturated carbocycles. The van der Waals surface area contributed by atoms with Crippen molar-refractivity contribution in [3.05, 3.63) is 101 Å². The van der Waals surface area contributed by atoms with E-state index in [1.54, 1.807) is 36.3 Å². The van der Waals surface area contributed by atoms with E-state index in [2.05, 4.69) is 0 Å². The summed E-state index contributed by atoms with van der Waals surface area (Å²) >= 11 is 0. The van der Waals surface area contributed by atoms with Gasteiger partial charge in [-0.3, -0.25) is 9.59 Å². The van der Waals surface area contributed by atoms with Gasteiger partial charge in [0.1, 0.15) is 11.5 Å². The molecule has 0 bridgehead atoms. The lowest BCUT2D eigenvalue weighted by Crippen LogP contribution is -2.31. The van der Waals surface area contributed by atoms with Crippen LogP contribution >= 0.6 is 0 Å². The van der Waals surface area contributed by atoms with Gasteiger partial charge in [0.15, 0.2) is 0 Å². The highest BCUT2D eigenvalue weighted by Crippen LogP contribution is 2.40. The first-order valence-corrected chi connectivity index (χ1v) is 11.1. The maximum absolute atomic E-state index is 13.2. The van der Waals surface area contributed by atoms with Crippen LogP contribution in [0, 0.1) is 0 Å². The second-order valence-corrected chi connectivity index (χ2v) is 8.44. The molecule has 0 radical (unpaired) electrons. The summed E-state index contributed by atoms with van der Waals surface area (Å²) in [5, 5.41) is 11.2. The van der Waals surface area contributed by atoms with Crippen LogP contribution in [0.15, 0.2) is 84.4 Å². The normalized spacial score (nSPS) is 17.1. The molecule has 174 valence electrons. The summed E-state index contributed by atoms with van der Waals surface area (Å²) in [7, 11) is 5.46. The minimum Gasteiger partial charge on any atom is -0.507 e. The lowest BCUT2D eigenvalue weighted by Gasteiger charge is -2.26. The number of benzene rings is 3. The number of anilines is 1. The van der Waals surface area contributed by atoms with E-state index in [-0.39, 0.29) is 11.3 Å². The van der Waals surface area contributed by atoms with Crippen molar-refractivity contribution >= 4 is 23.1 Å². The number of aliphatic hydroxyl groups excluding tert-OH is 1. The van der Waals surface area contributed by atoms with Crippen LogP contribution in [-0.4, -0.2) is 49.4 Å². The Kier molecular flexibility index (Phi) is 6.68. The Bertz CT molecular complexity index is 1200. The van der Waals surface area contributed by atoms with Gasteiger partial charge in [-0.2, -0.15) is 0 Å². The van der Waals surface area contributed by atoms with Crippen LogP contribution in [0.5, 0.6) is 5.75 Å². The van der Waals surface area contributed by atoms with Crippen molar-refractivity contribution in [2.45, 2.75) is 12.5 Å². The molecule has 6 nitrogen and oxygen atoms in total. The Balaban J connectivity index is 1.77. The molecule has 1 amide bonds. The Morgan fingerprint density at radius 3 is 2.18 bits per heavy atom. The number of ether oxygens (including phenoxy) is 1. The molecule has 4 rings (SSSR count). The second kappa shape index (κ2) is 9.83. The fraction of sp³-hybridized carbons (Fsp3) is 0.214. The zero-order valence-electron chi connectivity index (χ0n) is 19.6. The minimum atomic E-state index is -0.679. The third kappa shape index (κ3) is 4.53. The summed E-state index contributed by atoms with van der Waals surface area (Å²) in [5.41, 5.74) is 3.40. The molecule has 1 unspecified atom stereocenters. The number of aliphatic hydroxyl groups is 1. The Morgan fingerprint density at radius 2 is 1.59 bits per heavy atom. The van der Waals surface area contributed by atoms with Crippen molar-refractivity contribution in [3.8, 4) is 5.75 Å². The number of rotatable bonds is 7. The fourth-order valence-corrected chi connectivity index (χ4v) is 4.21. The third-order valence-corrected chi connectivity index (χ3v) is 6.11. The van der Waals surface area contributed by atoms with Crippen LogP contribution in [0.3, 0.4) is 0 Å². The van der Waals surface area contributed by atoms with E-state index >= 15 is 0 Å². The fourth-order valence-electron chi connectivity index (χ4n) is 4.21. The molecule has 0 aliphatic carbocycles. The maximum atomic E-state index is 13.2. The molecule has 34 heavy (non-hydrogen) atoms. The first-order valence-electron chi connectivity index (χ1n) is 11.1. The van der Waals surface area contributed by atoms with Gasteiger partial charge in [-0.25, -0.2) is 0 Å². The van der Waals surface area contributed by atoms with E-state index in [4.69, 9.17) is 4.74 Å². The Hall–Kier alpha value is -4.06. The lowest BCUT2D eigenvalue weighted by atomic mass is 9.95. The van der Waals surface area contributed by atoms with Crippen LogP contribution < -0.4 is 9.64 Å². The van der Waals surface area contributed by atoms with Crippen molar-refractivity contribution in [2.24, 2.45) is 0 Å². The number of likely N-dealkylation sites (tertiary alicyclic amines) is 1. The zero-order chi connectivity index (χ0) is 24.2. The predicted octanol–water partition coefficient (Wildman–Crippen LogP) is 4.43. The molecule has 1 aliphatic rings. The minimum absolute atomic E-state index is 0.0980. The van der Waals surface area contributed by atoms with Crippen LogP contribution in [0.4, 0.5) is 5.69 Å². The van der Waals surface area contributed by atoms with Gasteiger partial charge in [0.25, 0.3) is 11.7 Å². The molecule has 3 aromatic rings. The molecular formula is C28H28N2O4. The Morgan fingerprint density at radius 1 is 0.941 bits per heavy atom. The summed E-state index contributed by atoms with van der Waals surface area (Å²) in [4.78, 5) is 29.9. The quantitative estimate of drug-likeness (QED) is 0.324. The summed E-state index contributed by atoms with van der Waals surface area (Å²) < 4.78 is 5.19. The molecule has 1 fully saturated rings. The molecule has 6 heteroatoms. The number of nitrogens with zero attached hydrogens (tertiary/aromatic N) is 2. The van der Waals surface area contributed by atoms with Gasteiger partial charge < -0.3 is 19.6 Å². The number of amides is 1. The molecule has 0 aromatic heterocycles. The van der Waals surface area contributed by atoms with Gasteiger partial charge in [0.2, 0.25) is 0 Å². The number of carbonyl (C=O) groups is 2. The molecule has 1 N–H and O–H groups in total. The Labute approximate surface area is 199 Å². The van der Waals surface area contributed by atoms with E-state index < -0.39 is 17.7 Å². The zero-order valence-corrected chi connectivity index (χ0v) is 19.6. The smallest absolute Gasteiger partial charge is 0.295 e. The highest BCUT2D eigenvalue weighted by Gasteiger charge is 2.45. The molecule has 3 aromatic carbocycles. The summed E-state index contributed by atoms with van der Waals surface area (Å²) in [6, 6.07) is 23.6. The van der Waals surface area contributed by atoms with Gasteiger partial charge in [-0.1, -0.05) is 42.5 Å². The topological polar surface area (TPSA) is 70.1 Å². The number of ketones is 1. The molecule has 1 aliphatic heterocycles. The average molecular weight is 457 g/mol. The number of carbonyl (C=O) groups excluding carboxylic acids is 2. The number of methoxy groups -OCH3 is 1. The highest BCUT2D eigenvalue weighted by molar-refractivity contribution is 6.46. The van der Waals surface area contributed by atoms with E-state index in [1.165, 1.54) is 0 Å². The van der Waals surface area contributed by atoms with Gasteiger partial charge in [0, 0.05) is 31.9 Å². The molecule has 1 saturated heterocycles.